The predicted octanol–water partition coefficient (Wildman–Crippen LogP) is 5.99. The van der Waals surface area contributed by atoms with Gasteiger partial charge in [-0.05, 0) is 29.1 Å². The molecular weight excluding hydrogens is 294 g/mol. The molecule has 1 aromatic heterocycles. The number of rotatable bonds is 1. The minimum Gasteiger partial charge on any atom is -0.455 e. The SMILES string of the molecule is Nc1cc(-c2cccc3c2oc2ccccc23)cc2ccccc12. The number of hydrogen-bond acceptors (Lipinski definition) is 2. The summed E-state index contributed by atoms with van der Waals surface area (Å²) in [6.45, 7) is 0. The van der Waals surface area contributed by atoms with E-state index in [4.69, 9.17) is 10.2 Å². The fourth-order valence-electron chi connectivity index (χ4n) is 3.47. The molecule has 0 atom stereocenters. The highest BCUT2D eigenvalue weighted by molar-refractivity contribution is 6.10. The Morgan fingerprint density at radius 1 is 0.667 bits per heavy atom. The second-order valence-corrected chi connectivity index (χ2v) is 6.07. The van der Waals surface area contributed by atoms with Gasteiger partial charge in [0.15, 0.2) is 0 Å². The van der Waals surface area contributed by atoms with Crippen molar-refractivity contribution in [2.75, 3.05) is 5.73 Å². The van der Waals surface area contributed by atoms with E-state index in [0.29, 0.717) is 0 Å². The van der Waals surface area contributed by atoms with Gasteiger partial charge in [-0.25, -0.2) is 0 Å². The normalized spacial score (nSPS) is 11.5. The van der Waals surface area contributed by atoms with Gasteiger partial charge in [-0.3, -0.25) is 0 Å². The monoisotopic (exact) mass is 309 g/mol. The second-order valence-electron chi connectivity index (χ2n) is 6.07. The molecule has 2 N–H and O–H groups in total. The van der Waals surface area contributed by atoms with Gasteiger partial charge < -0.3 is 10.2 Å². The molecule has 0 aliphatic rings. The zero-order valence-corrected chi connectivity index (χ0v) is 13.0. The first-order valence-electron chi connectivity index (χ1n) is 8.00. The van der Waals surface area contributed by atoms with Gasteiger partial charge in [-0.15, -0.1) is 0 Å². The summed E-state index contributed by atoms with van der Waals surface area (Å²) >= 11 is 0. The van der Waals surface area contributed by atoms with E-state index in [2.05, 4.69) is 42.5 Å². The Hall–Kier alpha value is -3.26. The third-order valence-electron chi connectivity index (χ3n) is 4.61. The Balaban J connectivity index is 1.86. The summed E-state index contributed by atoms with van der Waals surface area (Å²) in [6, 6.07) is 26.8. The lowest BCUT2D eigenvalue weighted by atomic mass is 9.98. The zero-order chi connectivity index (χ0) is 16.1. The molecule has 0 saturated heterocycles. The lowest BCUT2D eigenvalue weighted by Gasteiger charge is -2.08. The molecule has 0 aliphatic carbocycles. The smallest absolute Gasteiger partial charge is 0.143 e. The van der Waals surface area contributed by atoms with E-state index < -0.39 is 0 Å². The molecule has 114 valence electrons. The summed E-state index contributed by atoms with van der Waals surface area (Å²) in [6.07, 6.45) is 0. The van der Waals surface area contributed by atoms with Gasteiger partial charge in [0.2, 0.25) is 0 Å². The first-order valence-corrected chi connectivity index (χ1v) is 8.00. The first-order chi connectivity index (χ1) is 11.8. The Morgan fingerprint density at radius 2 is 1.42 bits per heavy atom. The molecule has 0 unspecified atom stereocenters. The molecule has 0 saturated carbocycles. The van der Waals surface area contributed by atoms with Crippen LogP contribution in [0, 0.1) is 0 Å². The maximum Gasteiger partial charge on any atom is 0.143 e. The lowest BCUT2D eigenvalue weighted by molar-refractivity contribution is 0.670. The highest BCUT2D eigenvalue weighted by Gasteiger charge is 2.12. The number of hydrogen-bond donors (Lipinski definition) is 1. The predicted molar refractivity (Wildman–Crippen MR) is 101 cm³/mol. The van der Waals surface area contributed by atoms with E-state index in [1.54, 1.807) is 0 Å². The van der Waals surface area contributed by atoms with Crippen LogP contribution in [0.1, 0.15) is 0 Å². The van der Waals surface area contributed by atoms with Gasteiger partial charge in [0.1, 0.15) is 11.2 Å². The molecule has 5 aromatic rings. The van der Waals surface area contributed by atoms with Crippen molar-refractivity contribution >= 4 is 38.4 Å². The van der Waals surface area contributed by atoms with Gasteiger partial charge in [-0.1, -0.05) is 60.7 Å². The first kappa shape index (κ1) is 13.2. The van der Waals surface area contributed by atoms with Crippen LogP contribution in [-0.2, 0) is 0 Å². The van der Waals surface area contributed by atoms with Crippen molar-refractivity contribution in [1.82, 2.24) is 0 Å². The standard InChI is InChI=1S/C22H15NO/c23-20-13-15(12-14-6-1-2-7-16(14)20)17-9-5-10-19-18-8-3-4-11-21(18)24-22(17)19/h1-13H,23H2. The minimum atomic E-state index is 0.788. The summed E-state index contributed by atoms with van der Waals surface area (Å²) < 4.78 is 6.15. The van der Waals surface area contributed by atoms with Crippen molar-refractivity contribution in [2.45, 2.75) is 0 Å². The van der Waals surface area contributed by atoms with E-state index in [1.807, 2.05) is 36.4 Å². The van der Waals surface area contributed by atoms with Crippen LogP contribution in [0.15, 0.2) is 83.3 Å². The molecule has 1 heterocycles. The molecule has 2 heteroatoms. The molecular formula is C22H15NO. The number of nitrogens with two attached hydrogens (primary N) is 1. The van der Waals surface area contributed by atoms with Crippen LogP contribution in [0.4, 0.5) is 5.69 Å². The highest BCUT2D eigenvalue weighted by Crippen LogP contribution is 2.37. The summed E-state index contributed by atoms with van der Waals surface area (Å²) in [5, 5.41) is 4.50. The average Bonchev–Trinajstić information content (AvgIpc) is 3.00. The molecule has 24 heavy (non-hydrogen) atoms. The molecule has 0 fully saturated rings. The number of furan rings is 1. The van der Waals surface area contributed by atoms with E-state index in [9.17, 15) is 0 Å². The Labute approximate surface area is 139 Å². The third kappa shape index (κ3) is 1.83. The Morgan fingerprint density at radius 3 is 2.33 bits per heavy atom. The van der Waals surface area contributed by atoms with Gasteiger partial charge in [-0.2, -0.15) is 0 Å². The topological polar surface area (TPSA) is 39.2 Å². The van der Waals surface area contributed by atoms with Crippen LogP contribution in [0.5, 0.6) is 0 Å². The molecule has 0 bridgehead atoms. The van der Waals surface area contributed by atoms with E-state index in [0.717, 1.165) is 49.5 Å². The maximum absolute atomic E-state index is 6.28. The molecule has 4 aromatic carbocycles. The maximum atomic E-state index is 6.28. The molecule has 0 radical (unpaired) electrons. The summed E-state index contributed by atoms with van der Waals surface area (Å²) in [5.74, 6) is 0. The number of nitrogen functional groups attached to an aromatic ring is 1. The van der Waals surface area contributed by atoms with Crippen LogP contribution in [0.2, 0.25) is 0 Å². The lowest BCUT2D eigenvalue weighted by Crippen LogP contribution is -1.89. The van der Waals surface area contributed by atoms with Crippen molar-refractivity contribution in [3.8, 4) is 11.1 Å². The molecule has 0 aliphatic heterocycles. The van der Waals surface area contributed by atoms with Gasteiger partial charge in [0, 0.05) is 27.4 Å². The molecule has 0 spiro atoms. The quantitative estimate of drug-likeness (QED) is 0.386. The zero-order valence-electron chi connectivity index (χ0n) is 13.0. The Bertz CT molecular complexity index is 1220. The molecule has 2 nitrogen and oxygen atoms in total. The van der Waals surface area contributed by atoms with E-state index >= 15 is 0 Å². The number of fused-ring (bicyclic) bond motifs is 4. The fraction of sp³-hybridized carbons (Fsp3) is 0. The van der Waals surface area contributed by atoms with Crippen LogP contribution in [0.25, 0.3) is 43.8 Å². The van der Waals surface area contributed by atoms with Crippen LogP contribution in [0.3, 0.4) is 0 Å². The van der Waals surface area contributed by atoms with Crippen LogP contribution < -0.4 is 5.73 Å². The van der Waals surface area contributed by atoms with E-state index in [-0.39, 0.29) is 0 Å². The average molecular weight is 309 g/mol. The molecule has 5 rings (SSSR count). The van der Waals surface area contributed by atoms with Crippen molar-refractivity contribution in [3.05, 3.63) is 78.9 Å². The summed E-state index contributed by atoms with van der Waals surface area (Å²) in [7, 11) is 0. The van der Waals surface area contributed by atoms with E-state index in [1.165, 1.54) is 0 Å². The second kappa shape index (κ2) is 4.87. The number of benzene rings is 4. The largest absolute Gasteiger partial charge is 0.455 e. The fourth-order valence-corrected chi connectivity index (χ4v) is 3.47. The summed E-state index contributed by atoms with van der Waals surface area (Å²) in [5.41, 5.74) is 11.0. The van der Waals surface area contributed by atoms with Gasteiger partial charge >= 0.3 is 0 Å². The van der Waals surface area contributed by atoms with Crippen molar-refractivity contribution in [1.29, 1.82) is 0 Å². The number of para-hydroxylation sites is 2. The highest BCUT2D eigenvalue weighted by atomic mass is 16.3. The van der Waals surface area contributed by atoms with Gasteiger partial charge in [0.25, 0.3) is 0 Å². The van der Waals surface area contributed by atoms with Crippen LogP contribution in [-0.4, -0.2) is 0 Å². The Kier molecular flexibility index (Phi) is 2.68. The van der Waals surface area contributed by atoms with Crippen LogP contribution >= 0.6 is 0 Å². The van der Waals surface area contributed by atoms with Crippen molar-refractivity contribution in [3.63, 3.8) is 0 Å². The third-order valence-corrected chi connectivity index (χ3v) is 4.61. The minimum absolute atomic E-state index is 0.788. The summed E-state index contributed by atoms with van der Waals surface area (Å²) in [4.78, 5) is 0. The van der Waals surface area contributed by atoms with Gasteiger partial charge in [0.05, 0.1) is 0 Å². The van der Waals surface area contributed by atoms with Crippen molar-refractivity contribution in [2.24, 2.45) is 0 Å². The van der Waals surface area contributed by atoms with Crippen molar-refractivity contribution < 1.29 is 4.42 Å². The molecule has 0 amide bonds. The number of anilines is 1.